The molecule has 3 saturated carbocycles. The predicted molar refractivity (Wildman–Crippen MR) is 158 cm³/mol. The number of likely N-dealkylation sites (tertiary alicyclic amines) is 1. The molecule has 2 amide bonds. The molecule has 1 aromatic carbocycles. The van der Waals surface area contributed by atoms with Crippen LogP contribution < -0.4 is 10.0 Å². The second kappa shape index (κ2) is 10.6. The maximum Gasteiger partial charge on any atom is 0.481 e. The summed E-state index contributed by atoms with van der Waals surface area (Å²) in [6.07, 6.45) is 4.70. The minimum Gasteiger partial charge on any atom is -0.404 e. The fourth-order valence-electron chi connectivity index (χ4n) is 8.12. The van der Waals surface area contributed by atoms with E-state index in [0.717, 1.165) is 19.1 Å². The first-order chi connectivity index (χ1) is 19.1. The maximum atomic E-state index is 14.2. The van der Waals surface area contributed by atoms with Crippen LogP contribution in [-0.4, -0.2) is 68.2 Å². The Labute approximate surface area is 245 Å². The van der Waals surface area contributed by atoms with Crippen LogP contribution >= 0.6 is 0 Å². The van der Waals surface area contributed by atoms with Crippen molar-refractivity contribution in [3.05, 3.63) is 35.9 Å². The molecule has 11 heteroatoms. The van der Waals surface area contributed by atoms with Crippen LogP contribution in [0.2, 0.25) is 0 Å². The molecule has 226 valence electrons. The summed E-state index contributed by atoms with van der Waals surface area (Å²) < 4.78 is 40.6. The number of hydrogen-bond donors (Lipinski definition) is 2. The van der Waals surface area contributed by atoms with Crippen molar-refractivity contribution in [1.82, 2.24) is 14.9 Å². The van der Waals surface area contributed by atoms with Gasteiger partial charge in [-0.25, -0.2) is 8.42 Å². The Balaban J connectivity index is 1.41. The molecule has 5 aliphatic rings. The molecule has 2 aliphatic heterocycles. The van der Waals surface area contributed by atoms with Crippen molar-refractivity contribution in [3.8, 4) is 0 Å². The zero-order valence-corrected chi connectivity index (χ0v) is 26.3. The van der Waals surface area contributed by atoms with E-state index in [1.165, 1.54) is 0 Å². The van der Waals surface area contributed by atoms with Crippen LogP contribution in [0.1, 0.15) is 85.3 Å². The van der Waals surface area contributed by atoms with Crippen LogP contribution in [0.3, 0.4) is 0 Å². The minimum absolute atomic E-state index is 0.00227. The number of amides is 2. The fourth-order valence-corrected chi connectivity index (χ4v) is 9.21. The van der Waals surface area contributed by atoms with Gasteiger partial charge in [0.2, 0.25) is 21.8 Å². The lowest BCUT2D eigenvalue weighted by Gasteiger charge is -2.64. The maximum absolute atomic E-state index is 14.2. The molecule has 5 fully saturated rings. The lowest BCUT2D eigenvalue weighted by atomic mass is 9.43. The van der Waals surface area contributed by atoms with Crippen LogP contribution in [0.15, 0.2) is 30.3 Å². The van der Waals surface area contributed by atoms with E-state index in [4.69, 9.17) is 9.31 Å². The molecule has 7 atom stereocenters. The molecule has 3 aliphatic carbocycles. The zero-order chi connectivity index (χ0) is 30.0. The van der Waals surface area contributed by atoms with Crippen LogP contribution in [0.4, 0.5) is 0 Å². The fraction of sp³-hybridized carbons (Fsp3) is 0.733. The lowest BCUT2D eigenvalue weighted by molar-refractivity contribution is -0.199. The molecule has 0 aromatic heterocycles. The van der Waals surface area contributed by atoms with Gasteiger partial charge in [-0.1, -0.05) is 65.0 Å². The van der Waals surface area contributed by atoms with Crippen molar-refractivity contribution in [1.29, 1.82) is 0 Å². The first-order valence-electron chi connectivity index (χ1n) is 15.1. The summed E-state index contributed by atoms with van der Waals surface area (Å²) in [6.45, 7) is 12.8. The van der Waals surface area contributed by atoms with Crippen LogP contribution in [0.5, 0.6) is 0 Å². The summed E-state index contributed by atoms with van der Waals surface area (Å²) in [5, 5.41) is 3.18. The molecule has 1 aromatic rings. The van der Waals surface area contributed by atoms with Crippen molar-refractivity contribution < 1.29 is 27.3 Å². The molecule has 2 unspecified atom stereocenters. The Hall–Kier alpha value is -1.95. The number of rotatable bonds is 9. The Morgan fingerprint density at radius 1 is 1.17 bits per heavy atom. The third-order valence-corrected chi connectivity index (χ3v) is 11.4. The lowest BCUT2D eigenvalue weighted by Crippen LogP contribution is -2.66. The van der Waals surface area contributed by atoms with E-state index >= 15 is 0 Å². The Morgan fingerprint density at radius 2 is 1.85 bits per heavy atom. The highest BCUT2D eigenvalue weighted by molar-refractivity contribution is 7.88. The van der Waals surface area contributed by atoms with E-state index in [1.54, 1.807) is 4.90 Å². The molecular formula is C30H46BN3O6S. The highest BCUT2D eigenvalue weighted by atomic mass is 32.2. The van der Waals surface area contributed by atoms with Gasteiger partial charge >= 0.3 is 7.12 Å². The number of carbonyl (C=O) groups excluding carboxylic acids is 2. The average molecular weight is 588 g/mol. The third kappa shape index (κ3) is 5.15. The second-order valence-electron chi connectivity index (χ2n) is 13.8. The summed E-state index contributed by atoms with van der Waals surface area (Å²) >= 11 is 0. The molecule has 41 heavy (non-hydrogen) atoms. The molecule has 6 rings (SSSR count). The molecule has 0 radical (unpaired) electrons. The first-order valence-corrected chi connectivity index (χ1v) is 17.0. The Bertz CT molecular complexity index is 1280. The number of sulfonamides is 1. The zero-order valence-electron chi connectivity index (χ0n) is 25.5. The number of piperidine rings is 1. The summed E-state index contributed by atoms with van der Waals surface area (Å²) in [7, 11) is -4.26. The van der Waals surface area contributed by atoms with Crippen LogP contribution in [-0.2, 0) is 28.9 Å². The van der Waals surface area contributed by atoms with E-state index in [1.807, 2.05) is 51.1 Å². The monoisotopic (exact) mass is 587 g/mol. The van der Waals surface area contributed by atoms with Crippen molar-refractivity contribution in [2.45, 2.75) is 103 Å². The minimum atomic E-state index is -3.69. The summed E-state index contributed by atoms with van der Waals surface area (Å²) in [6, 6.07) is 8.29. The number of hydrogen-bond acceptors (Lipinski definition) is 6. The van der Waals surface area contributed by atoms with Crippen LogP contribution in [0, 0.1) is 23.2 Å². The summed E-state index contributed by atoms with van der Waals surface area (Å²) in [4.78, 5) is 29.9. The van der Waals surface area contributed by atoms with Crippen molar-refractivity contribution in [2.24, 2.45) is 23.2 Å². The smallest absolute Gasteiger partial charge is 0.404 e. The highest BCUT2D eigenvalue weighted by Gasteiger charge is 2.68. The van der Waals surface area contributed by atoms with E-state index in [0.29, 0.717) is 43.2 Å². The Morgan fingerprint density at radius 3 is 2.44 bits per heavy atom. The standard InChI is InChI=1S/C30H46BN3O6S/c1-8-24(31-39-23-18-21-17-22(28(21,4)5)29(23,6)40-31)32-26(35)25(20-13-10-9-11-14-20)34-16-12-15-30(19(2)3,27(34)36)33-41(7,37)38/h9-11,13-14,19,21-25,33H,8,12,15-18H2,1-7H3,(H,32,35)/t21-,22-,23?,24-,25-,29-,30?/m0/s1. The quantitative estimate of drug-likeness (QED) is 0.428. The van der Waals surface area contributed by atoms with Gasteiger partial charge < -0.3 is 19.5 Å². The normalized spacial score (nSPS) is 34.1. The van der Waals surface area contributed by atoms with Gasteiger partial charge in [-0.2, -0.15) is 4.72 Å². The molecule has 0 spiro atoms. The Kier molecular flexibility index (Phi) is 7.92. The second-order valence-corrected chi connectivity index (χ2v) is 15.5. The molecule has 2 saturated heterocycles. The van der Waals surface area contributed by atoms with Gasteiger partial charge in [-0.3, -0.25) is 9.59 Å². The SMILES string of the molecule is CC[C@H](NC(=O)[C@H](c1ccccc1)N1CCCC(NS(C)(=O)=O)(C(C)C)C1=O)B1OC2C[C@@H]3C[C@@H](C3(C)C)[C@]2(C)O1. The third-order valence-electron chi connectivity index (χ3n) is 10.7. The highest BCUT2D eigenvalue weighted by Crippen LogP contribution is 2.65. The van der Waals surface area contributed by atoms with Gasteiger partial charge in [0, 0.05) is 6.54 Å². The van der Waals surface area contributed by atoms with Crippen molar-refractivity contribution >= 4 is 29.0 Å². The molecular weight excluding hydrogens is 541 g/mol. The number of carbonyl (C=O) groups is 2. The molecule has 9 nitrogen and oxygen atoms in total. The van der Waals surface area contributed by atoms with E-state index in [9.17, 15) is 18.0 Å². The van der Waals surface area contributed by atoms with E-state index < -0.39 is 40.3 Å². The van der Waals surface area contributed by atoms with Crippen LogP contribution in [0.25, 0.3) is 0 Å². The average Bonchev–Trinajstić information content (AvgIpc) is 3.26. The molecule has 2 heterocycles. The number of nitrogens with zero attached hydrogens (tertiary/aromatic N) is 1. The number of benzene rings is 1. The van der Waals surface area contributed by atoms with E-state index in [-0.39, 0.29) is 29.3 Å². The van der Waals surface area contributed by atoms with Gasteiger partial charge in [0.15, 0.2) is 0 Å². The van der Waals surface area contributed by atoms with Gasteiger partial charge in [-0.05, 0) is 67.8 Å². The molecule has 2 bridgehead atoms. The van der Waals surface area contributed by atoms with E-state index in [2.05, 4.69) is 30.8 Å². The predicted octanol–water partition coefficient (Wildman–Crippen LogP) is 3.46. The number of nitrogens with one attached hydrogen (secondary N) is 2. The van der Waals surface area contributed by atoms with Gasteiger partial charge in [0.1, 0.15) is 11.6 Å². The summed E-state index contributed by atoms with van der Waals surface area (Å²) in [5.74, 6) is -0.388. The van der Waals surface area contributed by atoms with Crippen molar-refractivity contribution in [2.75, 3.05) is 12.8 Å². The van der Waals surface area contributed by atoms with Gasteiger partial charge in [0.05, 0.1) is 23.9 Å². The summed E-state index contributed by atoms with van der Waals surface area (Å²) in [5.41, 5.74) is -0.830. The largest absolute Gasteiger partial charge is 0.481 e. The molecule has 2 N–H and O–H groups in total. The van der Waals surface area contributed by atoms with Gasteiger partial charge in [-0.15, -0.1) is 0 Å². The topological polar surface area (TPSA) is 114 Å². The van der Waals surface area contributed by atoms with Crippen molar-refractivity contribution in [3.63, 3.8) is 0 Å². The first kappa shape index (κ1) is 30.5. The van der Waals surface area contributed by atoms with Gasteiger partial charge in [0.25, 0.3) is 0 Å².